The van der Waals surface area contributed by atoms with Crippen LogP contribution in [0.25, 0.3) is 10.2 Å². The number of aryl methyl sites for hydroxylation is 2. The lowest BCUT2D eigenvalue weighted by atomic mass is 10.0. The molecule has 130 valence electrons. The summed E-state index contributed by atoms with van der Waals surface area (Å²) >= 11 is 1.50. The van der Waals surface area contributed by atoms with E-state index in [-0.39, 0.29) is 11.9 Å². The molecule has 1 fully saturated rings. The third kappa shape index (κ3) is 3.02. The molecule has 0 radical (unpaired) electrons. The van der Waals surface area contributed by atoms with Crippen molar-refractivity contribution in [2.75, 3.05) is 7.11 Å². The third-order valence-electron chi connectivity index (χ3n) is 4.77. The summed E-state index contributed by atoms with van der Waals surface area (Å²) in [7, 11) is 3.57. The van der Waals surface area contributed by atoms with Crippen LogP contribution in [-0.4, -0.2) is 22.8 Å². The molecule has 0 saturated heterocycles. The second-order valence-corrected chi connectivity index (χ2v) is 7.63. The van der Waals surface area contributed by atoms with E-state index in [0.29, 0.717) is 5.92 Å². The van der Waals surface area contributed by atoms with Crippen LogP contribution in [-0.2, 0) is 7.05 Å². The second kappa shape index (κ2) is 6.19. The monoisotopic (exact) mass is 355 g/mol. The summed E-state index contributed by atoms with van der Waals surface area (Å²) < 4.78 is 7.07. The van der Waals surface area contributed by atoms with Crippen LogP contribution >= 0.6 is 11.3 Å². The highest BCUT2D eigenvalue weighted by Gasteiger charge is 2.34. The number of nitrogens with zero attached hydrogens (tertiary/aromatic N) is 2. The van der Waals surface area contributed by atoms with Gasteiger partial charge in [0.2, 0.25) is 0 Å². The number of nitrogens with one attached hydrogen (secondary N) is 1. The van der Waals surface area contributed by atoms with E-state index >= 15 is 0 Å². The number of rotatable bonds is 5. The van der Waals surface area contributed by atoms with Gasteiger partial charge in [-0.05, 0) is 49.4 Å². The van der Waals surface area contributed by atoms with Gasteiger partial charge in [-0.1, -0.05) is 12.1 Å². The number of carbonyl (C=O) groups excluding carboxylic acids is 1. The summed E-state index contributed by atoms with van der Waals surface area (Å²) in [6.07, 6.45) is 2.32. The fourth-order valence-electron chi connectivity index (χ4n) is 3.24. The molecule has 2 aromatic heterocycles. The van der Waals surface area contributed by atoms with Crippen LogP contribution in [0.15, 0.2) is 30.3 Å². The summed E-state index contributed by atoms with van der Waals surface area (Å²) in [5.41, 5.74) is 2.09. The number of benzene rings is 1. The number of thiophene rings is 1. The minimum Gasteiger partial charge on any atom is -0.497 e. The molecule has 6 heteroatoms. The van der Waals surface area contributed by atoms with Crippen LogP contribution < -0.4 is 10.1 Å². The van der Waals surface area contributed by atoms with Crippen molar-refractivity contribution in [2.45, 2.75) is 25.8 Å². The lowest BCUT2D eigenvalue weighted by molar-refractivity contribution is 0.0936. The van der Waals surface area contributed by atoms with Gasteiger partial charge in [-0.2, -0.15) is 5.10 Å². The van der Waals surface area contributed by atoms with Gasteiger partial charge >= 0.3 is 0 Å². The van der Waals surface area contributed by atoms with E-state index in [0.717, 1.165) is 44.9 Å². The summed E-state index contributed by atoms with van der Waals surface area (Å²) in [6, 6.07) is 10.00. The predicted octanol–water partition coefficient (Wildman–Crippen LogP) is 3.83. The van der Waals surface area contributed by atoms with Gasteiger partial charge in [0.1, 0.15) is 10.6 Å². The number of carbonyl (C=O) groups is 1. The SMILES string of the molecule is COc1ccc(C(NC(=O)c2cc3c(C)nn(C)c3s2)C2CC2)cc1. The Balaban J connectivity index is 1.58. The molecule has 1 N–H and O–H groups in total. The molecule has 1 aliphatic carbocycles. The van der Waals surface area contributed by atoms with E-state index < -0.39 is 0 Å². The molecule has 4 rings (SSSR count). The molecule has 1 unspecified atom stereocenters. The Kier molecular flexibility index (Phi) is 4.00. The van der Waals surface area contributed by atoms with Crippen LogP contribution in [0, 0.1) is 12.8 Å². The molecular formula is C19H21N3O2S. The molecule has 1 aliphatic rings. The van der Waals surface area contributed by atoms with E-state index in [1.54, 1.807) is 7.11 Å². The smallest absolute Gasteiger partial charge is 0.261 e. The molecule has 1 aromatic carbocycles. The van der Waals surface area contributed by atoms with Gasteiger partial charge < -0.3 is 10.1 Å². The Hall–Kier alpha value is -2.34. The molecular weight excluding hydrogens is 334 g/mol. The highest BCUT2D eigenvalue weighted by atomic mass is 32.1. The van der Waals surface area contributed by atoms with Gasteiger partial charge in [-0.3, -0.25) is 9.48 Å². The Bertz CT molecular complexity index is 888. The topological polar surface area (TPSA) is 56.1 Å². The average molecular weight is 355 g/mol. The van der Waals surface area contributed by atoms with E-state index in [1.807, 2.05) is 49.0 Å². The number of amides is 1. The van der Waals surface area contributed by atoms with Gasteiger partial charge in [-0.15, -0.1) is 11.3 Å². The zero-order valence-corrected chi connectivity index (χ0v) is 15.4. The number of hydrogen-bond donors (Lipinski definition) is 1. The standard InChI is InChI=1S/C19H21N3O2S/c1-11-15-10-16(25-19(15)22(2)21-11)18(23)20-17(12-4-5-12)13-6-8-14(24-3)9-7-13/h6-10,12,17H,4-5H2,1-3H3,(H,20,23). The van der Waals surface area contributed by atoms with Crippen LogP contribution in [0.1, 0.15) is 39.8 Å². The van der Waals surface area contributed by atoms with Gasteiger partial charge in [0.25, 0.3) is 5.91 Å². The molecule has 0 spiro atoms. The zero-order valence-electron chi connectivity index (χ0n) is 14.6. The fourth-order valence-corrected chi connectivity index (χ4v) is 4.27. The molecule has 25 heavy (non-hydrogen) atoms. The largest absolute Gasteiger partial charge is 0.497 e. The first-order valence-electron chi connectivity index (χ1n) is 8.45. The molecule has 3 aromatic rings. The summed E-state index contributed by atoms with van der Waals surface area (Å²) in [6.45, 7) is 1.97. The van der Waals surface area contributed by atoms with E-state index in [1.165, 1.54) is 11.3 Å². The van der Waals surface area contributed by atoms with Gasteiger partial charge in [0, 0.05) is 12.4 Å². The zero-order chi connectivity index (χ0) is 17.6. The average Bonchev–Trinajstić information content (AvgIpc) is 3.29. The first-order valence-corrected chi connectivity index (χ1v) is 9.26. The maximum absolute atomic E-state index is 12.8. The van der Waals surface area contributed by atoms with Crippen molar-refractivity contribution in [2.24, 2.45) is 13.0 Å². The van der Waals surface area contributed by atoms with Crippen LogP contribution in [0.5, 0.6) is 5.75 Å². The molecule has 5 nitrogen and oxygen atoms in total. The lowest BCUT2D eigenvalue weighted by Crippen LogP contribution is -2.29. The van der Waals surface area contributed by atoms with Crippen LogP contribution in [0.2, 0.25) is 0 Å². The van der Waals surface area contributed by atoms with E-state index in [4.69, 9.17) is 4.74 Å². The highest BCUT2D eigenvalue weighted by molar-refractivity contribution is 7.20. The lowest BCUT2D eigenvalue weighted by Gasteiger charge is -2.18. The minimum absolute atomic E-state index is 0.00619. The summed E-state index contributed by atoms with van der Waals surface area (Å²) in [4.78, 5) is 14.6. The first kappa shape index (κ1) is 16.1. The number of ether oxygens (including phenoxy) is 1. The molecule has 1 saturated carbocycles. The number of aromatic nitrogens is 2. The number of fused-ring (bicyclic) bond motifs is 1. The number of hydrogen-bond acceptors (Lipinski definition) is 4. The van der Waals surface area contributed by atoms with Crippen molar-refractivity contribution >= 4 is 27.5 Å². The molecule has 0 aliphatic heterocycles. The molecule has 0 bridgehead atoms. The van der Waals surface area contributed by atoms with Crippen LogP contribution in [0.3, 0.4) is 0 Å². The number of methoxy groups -OCH3 is 1. The quantitative estimate of drug-likeness (QED) is 0.757. The van der Waals surface area contributed by atoms with Gasteiger partial charge in [0.05, 0.1) is 23.7 Å². The van der Waals surface area contributed by atoms with Crippen LogP contribution in [0.4, 0.5) is 0 Å². The van der Waals surface area contributed by atoms with Gasteiger partial charge in [0.15, 0.2) is 0 Å². The highest BCUT2D eigenvalue weighted by Crippen LogP contribution is 2.41. The Morgan fingerprint density at radius 2 is 2.08 bits per heavy atom. The summed E-state index contributed by atoms with van der Waals surface area (Å²) in [5.74, 6) is 1.35. The third-order valence-corrected chi connectivity index (χ3v) is 5.98. The van der Waals surface area contributed by atoms with Crippen molar-refractivity contribution in [1.82, 2.24) is 15.1 Å². The van der Waals surface area contributed by atoms with Gasteiger partial charge in [-0.25, -0.2) is 0 Å². The van der Waals surface area contributed by atoms with Crippen molar-refractivity contribution in [1.29, 1.82) is 0 Å². The predicted molar refractivity (Wildman–Crippen MR) is 99.3 cm³/mol. The second-order valence-electron chi connectivity index (χ2n) is 6.60. The maximum Gasteiger partial charge on any atom is 0.261 e. The van der Waals surface area contributed by atoms with Crippen molar-refractivity contribution in [3.63, 3.8) is 0 Å². The Labute approximate surface area is 150 Å². The maximum atomic E-state index is 12.8. The minimum atomic E-state index is -0.00619. The van der Waals surface area contributed by atoms with Crippen molar-refractivity contribution < 1.29 is 9.53 Å². The molecule has 1 amide bonds. The first-order chi connectivity index (χ1) is 12.1. The van der Waals surface area contributed by atoms with Crippen molar-refractivity contribution in [3.8, 4) is 5.75 Å². The summed E-state index contributed by atoms with van der Waals surface area (Å²) in [5, 5.41) is 8.70. The van der Waals surface area contributed by atoms with E-state index in [2.05, 4.69) is 10.4 Å². The Morgan fingerprint density at radius 1 is 1.36 bits per heavy atom. The fraction of sp³-hybridized carbons (Fsp3) is 0.368. The molecule has 2 heterocycles. The van der Waals surface area contributed by atoms with E-state index in [9.17, 15) is 4.79 Å². The van der Waals surface area contributed by atoms with Crippen molar-refractivity contribution in [3.05, 3.63) is 46.5 Å². The normalized spacial score (nSPS) is 15.3. The molecule has 1 atom stereocenters. The Morgan fingerprint density at radius 3 is 2.68 bits per heavy atom.